The van der Waals surface area contributed by atoms with Crippen molar-refractivity contribution in [1.29, 1.82) is 0 Å². The lowest BCUT2D eigenvalue weighted by atomic mass is 9.92. The van der Waals surface area contributed by atoms with E-state index in [1.165, 1.54) is 6.07 Å². The Bertz CT molecular complexity index is 1600. The molecule has 4 aromatic rings. The number of fused-ring (bicyclic) bond motifs is 1. The molecule has 0 unspecified atom stereocenters. The number of aryl methyl sites for hydroxylation is 1. The summed E-state index contributed by atoms with van der Waals surface area (Å²) in [4.78, 5) is 26.5. The molecule has 1 amide bonds. The Labute approximate surface area is 214 Å². The highest BCUT2D eigenvalue weighted by atomic mass is 32.2. The summed E-state index contributed by atoms with van der Waals surface area (Å²) in [5.41, 5.74) is 3.48. The third-order valence-electron chi connectivity index (χ3n) is 6.25. The van der Waals surface area contributed by atoms with Gasteiger partial charge in [0.15, 0.2) is 9.84 Å². The van der Waals surface area contributed by atoms with Crippen LogP contribution in [0.3, 0.4) is 0 Å². The largest absolute Gasteiger partial charge is 0.474 e. The van der Waals surface area contributed by atoms with Gasteiger partial charge in [0.05, 0.1) is 40.1 Å². The zero-order valence-electron chi connectivity index (χ0n) is 20.4. The first-order valence-electron chi connectivity index (χ1n) is 11.8. The highest BCUT2D eigenvalue weighted by molar-refractivity contribution is 7.90. The standard InChI is InChI=1S/C27H26N4O5S/c1-16-6-7-17(10-25(16)37(2,34)35)27(33)29-15-19-11-24-18(14-28-19)8-9-23(30-24)22-4-3-5-26(31-22)36-21-12-20(32)13-21/h3-11,14,20-21,32H,12-13,15H2,1-2H3,(H,29,33)/t20-,21+. The fraction of sp³-hybridized carbons (Fsp3) is 0.259. The van der Waals surface area contributed by atoms with E-state index in [1.807, 2.05) is 24.3 Å². The van der Waals surface area contributed by atoms with Crippen LogP contribution in [0.2, 0.25) is 0 Å². The van der Waals surface area contributed by atoms with Gasteiger partial charge in [-0.3, -0.25) is 9.78 Å². The van der Waals surface area contributed by atoms with Crippen LogP contribution in [0.1, 0.15) is 34.5 Å². The number of sulfone groups is 1. The molecule has 1 saturated carbocycles. The van der Waals surface area contributed by atoms with Crippen LogP contribution in [0.5, 0.6) is 5.88 Å². The topological polar surface area (TPSA) is 131 Å². The second kappa shape index (κ2) is 9.87. The quantitative estimate of drug-likeness (QED) is 0.381. The second-order valence-electron chi connectivity index (χ2n) is 9.23. The second-order valence-corrected chi connectivity index (χ2v) is 11.2. The van der Waals surface area contributed by atoms with Gasteiger partial charge >= 0.3 is 0 Å². The Morgan fingerprint density at radius 1 is 1.08 bits per heavy atom. The van der Waals surface area contributed by atoms with Crippen molar-refractivity contribution in [3.8, 4) is 17.3 Å². The predicted molar refractivity (Wildman–Crippen MR) is 138 cm³/mol. The van der Waals surface area contributed by atoms with Crippen molar-refractivity contribution < 1.29 is 23.1 Å². The number of carbonyl (C=O) groups excluding carboxylic acids is 1. The summed E-state index contributed by atoms with van der Waals surface area (Å²) in [5, 5.41) is 13.1. The molecule has 1 fully saturated rings. The molecule has 0 atom stereocenters. The van der Waals surface area contributed by atoms with E-state index in [2.05, 4.69) is 15.3 Å². The number of carbonyl (C=O) groups is 1. The van der Waals surface area contributed by atoms with E-state index in [0.29, 0.717) is 46.9 Å². The SMILES string of the molecule is Cc1ccc(C(=O)NCc2cc3nc(-c4cccc(O[C@H]5C[C@@H](O)C5)n4)ccc3cn2)cc1S(C)(=O)=O. The van der Waals surface area contributed by atoms with Gasteiger partial charge in [0.25, 0.3) is 5.91 Å². The first kappa shape index (κ1) is 24.8. The molecule has 0 radical (unpaired) electrons. The van der Waals surface area contributed by atoms with Crippen LogP contribution in [0, 0.1) is 6.92 Å². The fourth-order valence-electron chi connectivity index (χ4n) is 4.14. The monoisotopic (exact) mass is 518 g/mol. The summed E-state index contributed by atoms with van der Waals surface area (Å²) in [6.45, 7) is 1.84. The first-order valence-corrected chi connectivity index (χ1v) is 13.7. The van der Waals surface area contributed by atoms with Gasteiger partial charge in [-0.1, -0.05) is 12.1 Å². The number of pyridine rings is 3. The number of ether oxygens (including phenoxy) is 1. The number of aliphatic hydroxyl groups excluding tert-OH is 1. The summed E-state index contributed by atoms with van der Waals surface area (Å²) in [6.07, 6.45) is 3.70. The van der Waals surface area contributed by atoms with Crippen molar-refractivity contribution >= 4 is 26.6 Å². The molecular weight excluding hydrogens is 492 g/mol. The van der Waals surface area contributed by atoms with E-state index in [1.54, 1.807) is 37.4 Å². The average Bonchev–Trinajstić information content (AvgIpc) is 2.85. The molecule has 0 bridgehead atoms. The molecule has 1 aliphatic carbocycles. The lowest BCUT2D eigenvalue weighted by molar-refractivity contribution is -0.0127. The molecule has 5 rings (SSSR count). The molecule has 1 aromatic carbocycles. The van der Waals surface area contributed by atoms with E-state index in [9.17, 15) is 18.3 Å². The zero-order chi connectivity index (χ0) is 26.2. The number of nitrogens with one attached hydrogen (secondary N) is 1. The number of aromatic nitrogens is 3. The van der Waals surface area contributed by atoms with Crippen LogP contribution >= 0.6 is 0 Å². The van der Waals surface area contributed by atoms with Crippen LogP contribution < -0.4 is 10.1 Å². The maximum Gasteiger partial charge on any atom is 0.251 e. The number of aliphatic hydroxyl groups is 1. The molecule has 37 heavy (non-hydrogen) atoms. The van der Waals surface area contributed by atoms with Gasteiger partial charge in [0.1, 0.15) is 6.10 Å². The Balaban J connectivity index is 1.32. The molecule has 1 aliphatic rings. The minimum atomic E-state index is -3.44. The maximum atomic E-state index is 12.7. The molecule has 190 valence electrons. The van der Waals surface area contributed by atoms with Crippen molar-refractivity contribution in [2.24, 2.45) is 0 Å². The Morgan fingerprint density at radius 3 is 2.62 bits per heavy atom. The molecule has 3 aromatic heterocycles. The number of hydrogen-bond donors (Lipinski definition) is 2. The highest BCUT2D eigenvalue weighted by Gasteiger charge is 2.29. The average molecular weight is 519 g/mol. The van der Waals surface area contributed by atoms with Crippen molar-refractivity contribution in [3.63, 3.8) is 0 Å². The number of amides is 1. The van der Waals surface area contributed by atoms with Crippen molar-refractivity contribution in [3.05, 3.63) is 77.6 Å². The Hall–Kier alpha value is -3.89. The van der Waals surface area contributed by atoms with Crippen LogP contribution in [-0.2, 0) is 16.4 Å². The van der Waals surface area contributed by atoms with E-state index >= 15 is 0 Å². The molecule has 9 nitrogen and oxygen atoms in total. The van der Waals surface area contributed by atoms with Gasteiger partial charge in [-0.25, -0.2) is 18.4 Å². The molecule has 0 saturated heterocycles. The van der Waals surface area contributed by atoms with Crippen LogP contribution in [-0.4, -0.2) is 52.8 Å². The highest BCUT2D eigenvalue weighted by Crippen LogP contribution is 2.27. The summed E-state index contributed by atoms with van der Waals surface area (Å²) < 4.78 is 29.8. The van der Waals surface area contributed by atoms with Crippen molar-refractivity contribution in [2.45, 2.75) is 43.4 Å². The third-order valence-corrected chi connectivity index (χ3v) is 7.49. The molecular formula is C27H26N4O5S. The third kappa shape index (κ3) is 5.60. The minimum absolute atomic E-state index is 0.0240. The number of benzene rings is 1. The molecule has 10 heteroatoms. The predicted octanol–water partition coefficient (Wildman–Crippen LogP) is 3.24. The van der Waals surface area contributed by atoms with Crippen LogP contribution in [0.4, 0.5) is 0 Å². The summed E-state index contributed by atoms with van der Waals surface area (Å²) in [5.74, 6) is 0.0954. The normalized spacial score (nSPS) is 17.3. The van der Waals surface area contributed by atoms with Crippen molar-refractivity contribution in [1.82, 2.24) is 20.3 Å². The van der Waals surface area contributed by atoms with Crippen LogP contribution in [0.15, 0.2) is 65.7 Å². The van der Waals surface area contributed by atoms with E-state index < -0.39 is 15.7 Å². The number of hydrogen-bond acceptors (Lipinski definition) is 8. The van der Waals surface area contributed by atoms with Gasteiger partial charge in [0, 0.05) is 42.3 Å². The Kier molecular flexibility index (Phi) is 6.61. The molecule has 3 heterocycles. The maximum absolute atomic E-state index is 12.7. The summed E-state index contributed by atoms with van der Waals surface area (Å²) in [7, 11) is -3.44. The smallest absolute Gasteiger partial charge is 0.251 e. The van der Waals surface area contributed by atoms with Gasteiger partial charge in [-0.2, -0.15) is 0 Å². The van der Waals surface area contributed by atoms with Crippen LogP contribution in [0.25, 0.3) is 22.3 Å². The number of rotatable bonds is 7. The van der Waals surface area contributed by atoms with E-state index in [-0.39, 0.29) is 29.2 Å². The molecule has 0 spiro atoms. The number of nitrogens with zero attached hydrogens (tertiary/aromatic N) is 3. The van der Waals surface area contributed by atoms with E-state index in [4.69, 9.17) is 9.72 Å². The molecule has 2 N–H and O–H groups in total. The van der Waals surface area contributed by atoms with E-state index in [0.717, 1.165) is 11.6 Å². The van der Waals surface area contributed by atoms with Crippen molar-refractivity contribution in [2.75, 3.05) is 6.26 Å². The minimum Gasteiger partial charge on any atom is -0.474 e. The molecule has 0 aliphatic heterocycles. The van der Waals surface area contributed by atoms with Gasteiger partial charge < -0.3 is 15.2 Å². The lowest BCUT2D eigenvalue weighted by Crippen LogP contribution is -2.37. The first-order chi connectivity index (χ1) is 17.7. The van der Waals surface area contributed by atoms with Gasteiger partial charge in [0.2, 0.25) is 5.88 Å². The zero-order valence-corrected chi connectivity index (χ0v) is 21.2. The Morgan fingerprint density at radius 2 is 1.86 bits per heavy atom. The fourth-order valence-corrected chi connectivity index (χ4v) is 5.13. The van der Waals surface area contributed by atoms with Gasteiger partial charge in [-0.05, 0) is 48.9 Å². The summed E-state index contributed by atoms with van der Waals surface area (Å²) >= 11 is 0. The lowest BCUT2D eigenvalue weighted by Gasteiger charge is -2.31. The van der Waals surface area contributed by atoms with Gasteiger partial charge in [-0.15, -0.1) is 0 Å². The summed E-state index contributed by atoms with van der Waals surface area (Å²) in [6, 6.07) is 15.7.